The van der Waals surface area contributed by atoms with E-state index >= 15 is 0 Å². The molecule has 24 heavy (non-hydrogen) atoms. The number of ether oxygens (including phenoxy) is 1. The average Bonchev–Trinajstić information content (AvgIpc) is 2.61. The first-order valence-corrected chi connectivity index (χ1v) is 8.39. The molecule has 1 fully saturated rings. The molecule has 1 aliphatic rings. The topological polar surface area (TPSA) is 49.8 Å². The van der Waals surface area contributed by atoms with Crippen molar-refractivity contribution in [2.45, 2.75) is 38.5 Å². The summed E-state index contributed by atoms with van der Waals surface area (Å²) >= 11 is 0. The molecule has 4 heteroatoms. The van der Waals surface area contributed by atoms with Crippen LogP contribution < -0.4 is 4.74 Å². The molecular formula is C20H23NO3. The fourth-order valence-electron chi connectivity index (χ4n) is 3.04. The maximum absolute atomic E-state index is 12.6. The van der Waals surface area contributed by atoms with Gasteiger partial charge in [0.05, 0.1) is 6.10 Å². The van der Waals surface area contributed by atoms with Gasteiger partial charge in [0.1, 0.15) is 12.4 Å². The number of hydrogen-bond acceptors (Lipinski definition) is 3. The van der Waals surface area contributed by atoms with Crippen molar-refractivity contribution in [2.75, 3.05) is 6.54 Å². The molecule has 1 amide bonds. The number of nitrogens with zero attached hydrogens (tertiary/aromatic N) is 1. The van der Waals surface area contributed by atoms with Crippen molar-refractivity contribution in [1.82, 2.24) is 4.90 Å². The summed E-state index contributed by atoms with van der Waals surface area (Å²) in [7, 11) is 0. The van der Waals surface area contributed by atoms with E-state index in [4.69, 9.17) is 4.74 Å². The van der Waals surface area contributed by atoms with E-state index in [1.54, 1.807) is 0 Å². The van der Waals surface area contributed by atoms with Gasteiger partial charge in [0, 0.05) is 18.2 Å². The van der Waals surface area contributed by atoms with Crippen molar-refractivity contribution < 1.29 is 14.6 Å². The lowest BCUT2D eigenvalue weighted by Crippen LogP contribution is -2.46. The number of para-hydroxylation sites is 1. The van der Waals surface area contributed by atoms with E-state index in [-0.39, 0.29) is 18.1 Å². The maximum atomic E-state index is 12.6. The third kappa shape index (κ3) is 3.95. The highest BCUT2D eigenvalue weighted by atomic mass is 16.5. The Morgan fingerprint density at radius 1 is 1.17 bits per heavy atom. The molecule has 0 aromatic heterocycles. The molecule has 1 heterocycles. The van der Waals surface area contributed by atoms with Gasteiger partial charge in [-0.1, -0.05) is 30.3 Å². The summed E-state index contributed by atoms with van der Waals surface area (Å²) in [4.78, 5) is 14.5. The summed E-state index contributed by atoms with van der Waals surface area (Å²) in [6.07, 6.45) is 1.01. The SMILES string of the molecule is C[C@@H]1C[C@H](O)CCN1C(=O)c1ccc(COc2ccccc2)cc1. The molecule has 1 saturated heterocycles. The Bertz CT molecular complexity index is 669. The van der Waals surface area contributed by atoms with Crippen LogP contribution in [0.15, 0.2) is 54.6 Å². The van der Waals surface area contributed by atoms with E-state index in [2.05, 4.69) is 0 Å². The van der Waals surface area contributed by atoms with E-state index in [9.17, 15) is 9.90 Å². The van der Waals surface area contributed by atoms with Crippen LogP contribution in [0.2, 0.25) is 0 Å². The van der Waals surface area contributed by atoms with Crippen LogP contribution in [0.5, 0.6) is 5.75 Å². The fourth-order valence-corrected chi connectivity index (χ4v) is 3.04. The van der Waals surface area contributed by atoms with Crippen LogP contribution >= 0.6 is 0 Å². The number of likely N-dealkylation sites (tertiary alicyclic amines) is 1. The minimum absolute atomic E-state index is 0.0323. The Hall–Kier alpha value is -2.33. The summed E-state index contributed by atoms with van der Waals surface area (Å²) in [6.45, 7) is 3.08. The quantitative estimate of drug-likeness (QED) is 0.939. The first kappa shape index (κ1) is 16.5. The minimum atomic E-state index is -0.290. The van der Waals surface area contributed by atoms with Crippen molar-refractivity contribution in [3.8, 4) is 5.75 Å². The van der Waals surface area contributed by atoms with Crippen molar-refractivity contribution in [3.63, 3.8) is 0 Å². The summed E-state index contributed by atoms with van der Waals surface area (Å²) in [5, 5.41) is 9.69. The van der Waals surface area contributed by atoms with Gasteiger partial charge in [0.25, 0.3) is 5.91 Å². The summed E-state index contributed by atoms with van der Waals surface area (Å²) in [6, 6.07) is 17.3. The predicted octanol–water partition coefficient (Wildman–Crippen LogP) is 3.25. The highest BCUT2D eigenvalue weighted by Crippen LogP contribution is 2.20. The Labute approximate surface area is 142 Å². The standard InChI is InChI=1S/C20H23NO3/c1-15-13-18(22)11-12-21(15)20(23)17-9-7-16(8-10-17)14-24-19-5-3-2-4-6-19/h2-10,15,18,22H,11-14H2,1H3/t15-,18-/m1/s1. The highest BCUT2D eigenvalue weighted by molar-refractivity contribution is 5.94. The maximum Gasteiger partial charge on any atom is 0.254 e. The molecule has 0 unspecified atom stereocenters. The van der Waals surface area contributed by atoms with Gasteiger partial charge in [-0.05, 0) is 49.6 Å². The number of benzene rings is 2. The molecule has 0 aliphatic carbocycles. The molecule has 1 aliphatic heterocycles. The summed E-state index contributed by atoms with van der Waals surface area (Å²) in [5.74, 6) is 0.864. The first-order valence-electron chi connectivity index (χ1n) is 8.39. The van der Waals surface area contributed by atoms with Gasteiger partial charge in [0.2, 0.25) is 0 Å². The lowest BCUT2D eigenvalue weighted by molar-refractivity contribution is 0.0365. The highest BCUT2D eigenvalue weighted by Gasteiger charge is 2.28. The van der Waals surface area contributed by atoms with Crippen LogP contribution in [0, 0.1) is 0 Å². The Balaban J connectivity index is 1.60. The molecule has 2 aromatic rings. The Morgan fingerprint density at radius 3 is 2.54 bits per heavy atom. The van der Waals surface area contributed by atoms with E-state index in [1.165, 1.54) is 0 Å². The van der Waals surface area contributed by atoms with Crippen molar-refractivity contribution in [1.29, 1.82) is 0 Å². The van der Waals surface area contributed by atoms with Crippen molar-refractivity contribution in [3.05, 3.63) is 65.7 Å². The Kier molecular flexibility index (Phi) is 5.16. The predicted molar refractivity (Wildman–Crippen MR) is 93.0 cm³/mol. The number of rotatable bonds is 4. The average molecular weight is 325 g/mol. The number of aliphatic hydroxyl groups is 1. The number of piperidine rings is 1. The lowest BCUT2D eigenvalue weighted by atomic mass is 9.99. The van der Waals surface area contributed by atoms with Crippen LogP contribution in [0.1, 0.15) is 35.7 Å². The number of amides is 1. The molecule has 2 atom stereocenters. The molecule has 0 saturated carbocycles. The number of carbonyl (C=O) groups is 1. The fraction of sp³-hybridized carbons (Fsp3) is 0.350. The van der Waals surface area contributed by atoms with Gasteiger partial charge >= 0.3 is 0 Å². The van der Waals surface area contributed by atoms with Gasteiger partial charge in [-0.15, -0.1) is 0 Å². The van der Waals surface area contributed by atoms with E-state index < -0.39 is 0 Å². The van der Waals surface area contributed by atoms with Gasteiger partial charge in [-0.3, -0.25) is 4.79 Å². The van der Waals surface area contributed by atoms with Crippen LogP contribution in [0.3, 0.4) is 0 Å². The van der Waals surface area contributed by atoms with Gasteiger partial charge in [-0.2, -0.15) is 0 Å². The van der Waals surface area contributed by atoms with Gasteiger partial charge < -0.3 is 14.7 Å². The molecule has 0 bridgehead atoms. The van der Waals surface area contributed by atoms with Crippen LogP contribution in [0.25, 0.3) is 0 Å². The van der Waals surface area contributed by atoms with Gasteiger partial charge in [0.15, 0.2) is 0 Å². The van der Waals surface area contributed by atoms with Crippen LogP contribution in [-0.2, 0) is 6.61 Å². The third-order valence-electron chi connectivity index (χ3n) is 4.46. The minimum Gasteiger partial charge on any atom is -0.489 e. The zero-order valence-electron chi connectivity index (χ0n) is 13.9. The zero-order valence-corrected chi connectivity index (χ0v) is 13.9. The molecule has 2 aromatic carbocycles. The van der Waals surface area contributed by atoms with E-state index in [1.807, 2.05) is 66.4 Å². The summed E-state index contributed by atoms with van der Waals surface area (Å²) < 4.78 is 5.71. The number of hydrogen-bond donors (Lipinski definition) is 1. The summed E-state index contributed by atoms with van der Waals surface area (Å²) in [5.41, 5.74) is 1.71. The lowest BCUT2D eigenvalue weighted by Gasteiger charge is -2.36. The van der Waals surface area contributed by atoms with Gasteiger partial charge in [-0.25, -0.2) is 0 Å². The number of aliphatic hydroxyl groups excluding tert-OH is 1. The van der Waals surface area contributed by atoms with E-state index in [0.29, 0.717) is 31.6 Å². The molecule has 0 spiro atoms. The first-order chi connectivity index (χ1) is 11.6. The smallest absolute Gasteiger partial charge is 0.254 e. The normalized spacial score (nSPS) is 20.7. The largest absolute Gasteiger partial charge is 0.489 e. The molecule has 4 nitrogen and oxygen atoms in total. The third-order valence-corrected chi connectivity index (χ3v) is 4.46. The number of carbonyl (C=O) groups excluding carboxylic acids is 1. The van der Waals surface area contributed by atoms with Crippen molar-refractivity contribution in [2.24, 2.45) is 0 Å². The molecule has 126 valence electrons. The second-order valence-electron chi connectivity index (χ2n) is 6.32. The second-order valence-corrected chi connectivity index (χ2v) is 6.32. The molecular weight excluding hydrogens is 302 g/mol. The monoisotopic (exact) mass is 325 g/mol. The van der Waals surface area contributed by atoms with Crippen molar-refractivity contribution >= 4 is 5.91 Å². The van der Waals surface area contributed by atoms with Crippen LogP contribution in [0.4, 0.5) is 0 Å². The van der Waals surface area contributed by atoms with E-state index in [0.717, 1.165) is 11.3 Å². The molecule has 3 rings (SSSR count). The van der Waals surface area contributed by atoms with Crippen LogP contribution in [-0.4, -0.2) is 34.6 Å². The second kappa shape index (κ2) is 7.49. The molecule has 1 N–H and O–H groups in total. The zero-order chi connectivity index (χ0) is 16.9. The Morgan fingerprint density at radius 2 is 1.88 bits per heavy atom. The molecule has 0 radical (unpaired) electrons.